The minimum absolute atomic E-state index is 0.00206. The van der Waals surface area contributed by atoms with Crippen molar-refractivity contribution >= 4 is 23.4 Å². The minimum Gasteiger partial charge on any atom is -0.326 e. The summed E-state index contributed by atoms with van der Waals surface area (Å²) in [6.45, 7) is 8.15. The summed E-state index contributed by atoms with van der Waals surface area (Å²) in [5, 5.41) is 0. The van der Waals surface area contributed by atoms with Crippen LogP contribution < -0.4 is 4.90 Å². The van der Waals surface area contributed by atoms with Gasteiger partial charge in [0.05, 0.1) is 12.1 Å². The molecule has 0 aromatic heterocycles. The second-order valence-corrected chi connectivity index (χ2v) is 7.09. The van der Waals surface area contributed by atoms with Crippen LogP contribution in [0.15, 0.2) is 36.9 Å². The van der Waals surface area contributed by atoms with Gasteiger partial charge in [-0.15, -0.1) is 6.58 Å². The van der Waals surface area contributed by atoms with Gasteiger partial charge in [0.15, 0.2) is 0 Å². The van der Waals surface area contributed by atoms with Crippen molar-refractivity contribution < 1.29 is 14.4 Å². The lowest BCUT2D eigenvalue weighted by molar-refractivity contribution is -0.138. The van der Waals surface area contributed by atoms with Gasteiger partial charge in [-0.25, -0.2) is 4.90 Å². The molecule has 1 saturated carbocycles. The van der Waals surface area contributed by atoms with Crippen LogP contribution in [0.5, 0.6) is 0 Å². The van der Waals surface area contributed by atoms with Crippen LogP contribution in [-0.4, -0.2) is 35.2 Å². The first kappa shape index (κ1) is 17.4. The highest BCUT2D eigenvalue weighted by Crippen LogP contribution is 2.34. The summed E-state index contributed by atoms with van der Waals surface area (Å²) < 4.78 is 0. The summed E-state index contributed by atoms with van der Waals surface area (Å²) in [5.74, 6) is -0.237. The third kappa shape index (κ3) is 3.36. The predicted molar refractivity (Wildman–Crippen MR) is 96.1 cm³/mol. The van der Waals surface area contributed by atoms with Crippen molar-refractivity contribution in [1.82, 2.24) is 4.90 Å². The number of carbonyl (C=O) groups excluding carboxylic acids is 3. The van der Waals surface area contributed by atoms with Gasteiger partial charge < -0.3 is 4.90 Å². The molecule has 1 aliphatic heterocycles. The number of nitrogens with zero attached hydrogens (tertiary/aromatic N) is 2. The fourth-order valence-electron chi connectivity index (χ4n) is 3.21. The molecule has 1 unspecified atom stereocenters. The molecule has 25 heavy (non-hydrogen) atoms. The van der Waals surface area contributed by atoms with E-state index >= 15 is 0 Å². The van der Waals surface area contributed by atoms with E-state index in [1.165, 1.54) is 9.80 Å². The third-order valence-electron chi connectivity index (χ3n) is 4.85. The number of rotatable bonds is 6. The van der Waals surface area contributed by atoms with Crippen molar-refractivity contribution in [3.05, 3.63) is 42.5 Å². The van der Waals surface area contributed by atoms with Crippen molar-refractivity contribution in [2.75, 3.05) is 11.4 Å². The molecular formula is C20H24N2O3. The van der Waals surface area contributed by atoms with Crippen molar-refractivity contribution in [2.45, 2.75) is 45.1 Å². The molecule has 2 aliphatic rings. The predicted octanol–water partition coefficient (Wildman–Crippen LogP) is 2.87. The Morgan fingerprint density at radius 1 is 1.28 bits per heavy atom. The Morgan fingerprint density at radius 3 is 2.44 bits per heavy atom. The van der Waals surface area contributed by atoms with Crippen molar-refractivity contribution in [2.24, 2.45) is 5.92 Å². The fraction of sp³-hybridized carbons (Fsp3) is 0.450. The van der Waals surface area contributed by atoms with Gasteiger partial charge in [-0.05, 0) is 36.5 Å². The Morgan fingerprint density at radius 2 is 1.92 bits per heavy atom. The molecule has 0 radical (unpaired) electrons. The number of hydrogen-bond donors (Lipinski definition) is 0. The van der Waals surface area contributed by atoms with Crippen LogP contribution >= 0.6 is 0 Å². The maximum atomic E-state index is 12.9. The maximum absolute atomic E-state index is 12.9. The van der Waals surface area contributed by atoms with E-state index in [1.807, 2.05) is 12.1 Å². The molecule has 3 rings (SSSR count). The molecule has 5 nitrogen and oxygen atoms in total. The first-order chi connectivity index (χ1) is 11.9. The second-order valence-electron chi connectivity index (χ2n) is 7.09. The molecule has 3 amide bonds. The van der Waals surface area contributed by atoms with Gasteiger partial charge in [0, 0.05) is 12.5 Å². The zero-order chi connectivity index (χ0) is 18.1. The van der Waals surface area contributed by atoms with Crippen molar-refractivity contribution in [1.29, 1.82) is 0 Å². The van der Waals surface area contributed by atoms with E-state index in [1.54, 1.807) is 18.2 Å². The van der Waals surface area contributed by atoms with Crippen LogP contribution in [0.25, 0.3) is 0 Å². The first-order valence-corrected chi connectivity index (χ1v) is 8.82. The normalized spacial score (nSPS) is 20.3. The molecule has 2 fully saturated rings. The average molecular weight is 340 g/mol. The topological polar surface area (TPSA) is 57.7 Å². The number of amides is 3. The van der Waals surface area contributed by atoms with E-state index < -0.39 is 6.04 Å². The highest BCUT2D eigenvalue weighted by atomic mass is 16.2. The Balaban J connectivity index is 1.83. The van der Waals surface area contributed by atoms with Gasteiger partial charge in [0.1, 0.15) is 6.04 Å². The first-order valence-electron chi connectivity index (χ1n) is 8.82. The number of carbonyl (C=O) groups is 3. The number of benzene rings is 1. The quantitative estimate of drug-likeness (QED) is 0.591. The lowest BCUT2D eigenvalue weighted by Crippen LogP contribution is -2.46. The third-order valence-corrected chi connectivity index (χ3v) is 4.85. The number of anilines is 1. The molecule has 1 heterocycles. The fourth-order valence-corrected chi connectivity index (χ4v) is 3.21. The SMILES string of the molecule is C=CCN(C(=O)C1CC1)C1CC(=O)N(c2ccc(C(C)C)cc2)C1=O. The molecule has 5 heteroatoms. The van der Waals surface area contributed by atoms with Crippen LogP contribution in [0.3, 0.4) is 0 Å². The van der Waals surface area contributed by atoms with E-state index in [2.05, 4.69) is 20.4 Å². The minimum atomic E-state index is -0.719. The van der Waals surface area contributed by atoms with Gasteiger partial charge in [-0.2, -0.15) is 0 Å². The molecule has 1 aliphatic carbocycles. The maximum Gasteiger partial charge on any atom is 0.257 e. The van der Waals surface area contributed by atoms with Gasteiger partial charge in [-0.1, -0.05) is 32.1 Å². The summed E-state index contributed by atoms with van der Waals surface area (Å²) in [7, 11) is 0. The molecule has 0 N–H and O–H groups in total. The van der Waals surface area contributed by atoms with Crippen LogP contribution in [0.4, 0.5) is 5.69 Å². The molecule has 1 saturated heterocycles. The lowest BCUT2D eigenvalue weighted by atomic mass is 10.0. The summed E-state index contributed by atoms with van der Waals surface area (Å²) in [4.78, 5) is 40.6. The van der Waals surface area contributed by atoms with Crippen LogP contribution in [0.2, 0.25) is 0 Å². The van der Waals surface area contributed by atoms with Crippen LogP contribution in [0, 0.1) is 5.92 Å². The Hall–Kier alpha value is -2.43. The lowest BCUT2D eigenvalue weighted by Gasteiger charge is -2.26. The molecule has 1 aromatic carbocycles. The van der Waals surface area contributed by atoms with Gasteiger partial charge >= 0.3 is 0 Å². The van der Waals surface area contributed by atoms with Crippen molar-refractivity contribution in [3.8, 4) is 0 Å². The molecule has 1 atom stereocenters. The van der Waals surface area contributed by atoms with Gasteiger partial charge in [0.25, 0.3) is 5.91 Å². The van der Waals surface area contributed by atoms with E-state index in [0.29, 0.717) is 18.2 Å². The summed E-state index contributed by atoms with van der Waals surface area (Å²) in [6, 6.07) is 6.75. The molecule has 0 spiro atoms. The second kappa shape index (κ2) is 6.82. The van der Waals surface area contributed by atoms with Crippen LogP contribution in [0.1, 0.15) is 44.6 Å². The van der Waals surface area contributed by atoms with E-state index in [0.717, 1.165) is 18.4 Å². The van der Waals surface area contributed by atoms with E-state index in [4.69, 9.17) is 0 Å². The number of hydrogen-bond acceptors (Lipinski definition) is 3. The van der Waals surface area contributed by atoms with Crippen molar-refractivity contribution in [3.63, 3.8) is 0 Å². The summed E-state index contributed by atoms with van der Waals surface area (Å²) in [5.41, 5.74) is 1.72. The molecule has 1 aromatic rings. The number of imide groups is 1. The highest BCUT2D eigenvalue weighted by Gasteiger charge is 2.46. The van der Waals surface area contributed by atoms with Gasteiger partial charge in [0.2, 0.25) is 11.8 Å². The molecule has 132 valence electrons. The Kier molecular flexibility index (Phi) is 4.75. The standard InChI is InChI=1S/C20H24N2O3/c1-4-11-21(19(24)15-5-6-15)17-12-18(23)22(20(17)25)16-9-7-14(8-10-16)13(2)3/h4,7-10,13,15,17H,1,5-6,11-12H2,2-3H3. The smallest absolute Gasteiger partial charge is 0.257 e. The molecule has 0 bridgehead atoms. The largest absolute Gasteiger partial charge is 0.326 e. The van der Waals surface area contributed by atoms with E-state index in [9.17, 15) is 14.4 Å². The monoisotopic (exact) mass is 340 g/mol. The Labute approximate surface area is 148 Å². The van der Waals surface area contributed by atoms with E-state index in [-0.39, 0.29) is 30.1 Å². The highest BCUT2D eigenvalue weighted by molar-refractivity contribution is 6.23. The van der Waals surface area contributed by atoms with Crippen LogP contribution in [-0.2, 0) is 14.4 Å². The Bertz CT molecular complexity index is 704. The average Bonchev–Trinajstić information content (AvgIpc) is 3.39. The zero-order valence-electron chi connectivity index (χ0n) is 14.8. The molecular weight excluding hydrogens is 316 g/mol. The van der Waals surface area contributed by atoms with Gasteiger partial charge in [-0.3, -0.25) is 14.4 Å². The zero-order valence-corrected chi connectivity index (χ0v) is 14.8. The summed E-state index contributed by atoms with van der Waals surface area (Å²) >= 11 is 0. The summed E-state index contributed by atoms with van der Waals surface area (Å²) in [6.07, 6.45) is 3.37.